The minimum absolute atomic E-state index is 0.279. The van der Waals surface area contributed by atoms with Crippen molar-refractivity contribution < 1.29 is 8.42 Å². The van der Waals surface area contributed by atoms with Crippen molar-refractivity contribution in [2.24, 2.45) is 4.99 Å². The van der Waals surface area contributed by atoms with Gasteiger partial charge in [0.1, 0.15) is 0 Å². The van der Waals surface area contributed by atoms with Crippen molar-refractivity contribution >= 4 is 27.3 Å². The number of rotatable bonds is 7. The third-order valence-electron chi connectivity index (χ3n) is 3.62. The van der Waals surface area contributed by atoms with Gasteiger partial charge < -0.3 is 10.6 Å². The summed E-state index contributed by atoms with van der Waals surface area (Å²) in [6.45, 7) is 6.59. The van der Waals surface area contributed by atoms with E-state index in [0.29, 0.717) is 18.1 Å². The second-order valence-electron chi connectivity index (χ2n) is 7.15. The van der Waals surface area contributed by atoms with Crippen LogP contribution >= 0.6 is 11.3 Å². The predicted octanol–water partition coefficient (Wildman–Crippen LogP) is 2.73. The van der Waals surface area contributed by atoms with E-state index in [9.17, 15) is 8.42 Å². The molecule has 8 heteroatoms. The molecule has 0 aliphatic rings. The van der Waals surface area contributed by atoms with Gasteiger partial charge in [-0.25, -0.2) is 13.1 Å². The molecule has 0 saturated heterocycles. The minimum Gasteiger partial charge on any atom is -0.356 e. The molecule has 27 heavy (non-hydrogen) atoms. The second kappa shape index (κ2) is 9.34. The van der Waals surface area contributed by atoms with E-state index in [0.717, 1.165) is 13.0 Å². The van der Waals surface area contributed by atoms with Crippen LogP contribution in [0.5, 0.6) is 0 Å². The maximum atomic E-state index is 12.7. The molecule has 0 radical (unpaired) electrons. The fourth-order valence-corrected chi connectivity index (χ4v) is 4.90. The molecular formula is C19H28N4O2S2. The van der Waals surface area contributed by atoms with Crippen LogP contribution in [-0.2, 0) is 23.0 Å². The van der Waals surface area contributed by atoms with Crippen LogP contribution in [0.3, 0.4) is 0 Å². The molecule has 2 rings (SSSR count). The Hall–Kier alpha value is -1.90. The van der Waals surface area contributed by atoms with Crippen LogP contribution in [0.15, 0.2) is 51.7 Å². The third kappa shape index (κ3) is 6.97. The van der Waals surface area contributed by atoms with Crippen molar-refractivity contribution in [2.45, 2.75) is 44.2 Å². The highest BCUT2D eigenvalue weighted by Gasteiger charge is 2.24. The van der Waals surface area contributed by atoms with Crippen LogP contribution in [0.25, 0.3) is 0 Å². The summed E-state index contributed by atoms with van der Waals surface area (Å²) in [7, 11) is -1.90. The largest absolute Gasteiger partial charge is 0.356 e. The molecule has 0 aliphatic heterocycles. The summed E-state index contributed by atoms with van der Waals surface area (Å²) in [5.74, 6) is 0.641. The van der Waals surface area contributed by atoms with Gasteiger partial charge in [0.05, 0.1) is 4.90 Å². The topological polar surface area (TPSA) is 82.6 Å². The first-order valence-corrected chi connectivity index (χ1v) is 11.2. The summed E-state index contributed by atoms with van der Waals surface area (Å²) >= 11 is 1.73. The molecule has 1 heterocycles. The molecule has 0 bridgehead atoms. The quantitative estimate of drug-likeness (QED) is 0.486. The van der Waals surface area contributed by atoms with Gasteiger partial charge in [-0.3, -0.25) is 4.99 Å². The Labute approximate surface area is 166 Å². The van der Waals surface area contributed by atoms with E-state index in [2.05, 4.69) is 31.8 Å². The fraction of sp³-hybridized carbons (Fsp3) is 0.421. The Balaban J connectivity index is 2.00. The maximum absolute atomic E-state index is 12.7. The number of aliphatic imine (C=N–C) groups is 1. The molecule has 0 saturated carbocycles. The van der Waals surface area contributed by atoms with E-state index < -0.39 is 15.6 Å². The average Bonchev–Trinajstić information content (AvgIpc) is 3.09. The zero-order valence-corrected chi connectivity index (χ0v) is 17.9. The highest BCUT2D eigenvalue weighted by Crippen LogP contribution is 2.17. The van der Waals surface area contributed by atoms with E-state index in [-0.39, 0.29) is 4.90 Å². The molecule has 0 amide bonds. The van der Waals surface area contributed by atoms with Gasteiger partial charge in [-0.15, -0.1) is 11.3 Å². The first-order valence-electron chi connectivity index (χ1n) is 8.80. The Bertz CT molecular complexity index is 854. The van der Waals surface area contributed by atoms with E-state index in [1.807, 2.05) is 39.0 Å². The van der Waals surface area contributed by atoms with Crippen molar-refractivity contribution in [2.75, 3.05) is 13.6 Å². The normalized spacial score (nSPS) is 12.8. The molecule has 2 aromatic rings. The van der Waals surface area contributed by atoms with Crippen LogP contribution < -0.4 is 15.4 Å². The second-order valence-corrected chi connectivity index (χ2v) is 9.83. The lowest BCUT2D eigenvalue weighted by Crippen LogP contribution is -2.41. The smallest absolute Gasteiger partial charge is 0.241 e. The summed E-state index contributed by atoms with van der Waals surface area (Å²) in [5.41, 5.74) is 0.147. The Morgan fingerprint density at radius 2 is 1.85 bits per heavy atom. The van der Waals surface area contributed by atoms with Gasteiger partial charge >= 0.3 is 0 Å². The zero-order chi connectivity index (χ0) is 19.9. The standard InChI is InChI=1S/C19H28N4O2S2/c1-19(2,3)23-27(24,25)17-10-6-5-8-15(17)14-22-18(20-4)21-12-11-16-9-7-13-26-16/h5-10,13,23H,11-12,14H2,1-4H3,(H2,20,21,22). The number of guanidine groups is 1. The minimum atomic E-state index is -3.60. The highest BCUT2D eigenvalue weighted by molar-refractivity contribution is 7.89. The van der Waals surface area contributed by atoms with Crippen LogP contribution in [0.2, 0.25) is 0 Å². The molecule has 3 N–H and O–H groups in total. The predicted molar refractivity (Wildman–Crippen MR) is 113 cm³/mol. The van der Waals surface area contributed by atoms with E-state index in [1.165, 1.54) is 4.88 Å². The highest BCUT2D eigenvalue weighted by atomic mass is 32.2. The van der Waals surface area contributed by atoms with Crippen molar-refractivity contribution in [3.05, 3.63) is 52.2 Å². The summed E-state index contributed by atoms with van der Waals surface area (Å²) in [6, 6.07) is 11.1. The van der Waals surface area contributed by atoms with Crippen LogP contribution in [-0.4, -0.2) is 33.5 Å². The lowest BCUT2D eigenvalue weighted by molar-refractivity contribution is 0.491. The molecule has 0 fully saturated rings. The summed E-state index contributed by atoms with van der Waals surface area (Å²) in [5, 5.41) is 8.51. The number of hydrogen-bond acceptors (Lipinski definition) is 4. The molecule has 0 atom stereocenters. The molecule has 1 aromatic carbocycles. The zero-order valence-electron chi connectivity index (χ0n) is 16.2. The monoisotopic (exact) mass is 408 g/mol. The summed E-state index contributed by atoms with van der Waals surface area (Å²) in [4.78, 5) is 5.79. The van der Waals surface area contributed by atoms with Gasteiger partial charge in [0.15, 0.2) is 5.96 Å². The number of nitrogens with zero attached hydrogens (tertiary/aromatic N) is 1. The third-order valence-corrected chi connectivity index (χ3v) is 6.41. The van der Waals surface area contributed by atoms with Gasteiger partial charge in [0.2, 0.25) is 10.0 Å². The lowest BCUT2D eigenvalue weighted by Gasteiger charge is -2.22. The molecule has 0 unspecified atom stereocenters. The van der Waals surface area contributed by atoms with E-state index in [4.69, 9.17) is 0 Å². The van der Waals surface area contributed by atoms with Gasteiger partial charge in [0, 0.05) is 30.6 Å². The lowest BCUT2D eigenvalue weighted by atomic mass is 10.1. The summed E-state index contributed by atoms with van der Waals surface area (Å²) < 4.78 is 28.1. The first kappa shape index (κ1) is 21.4. The van der Waals surface area contributed by atoms with Crippen LogP contribution in [0.4, 0.5) is 0 Å². The molecule has 6 nitrogen and oxygen atoms in total. The van der Waals surface area contributed by atoms with Gasteiger partial charge in [-0.1, -0.05) is 24.3 Å². The number of hydrogen-bond donors (Lipinski definition) is 3. The fourth-order valence-electron chi connectivity index (χ4n) is 2.53. The molecule has 0 spiro atoms. The molecule has 148 valence electrons. The molecular weight excluding hydrogens is 380 g/mol. The Morgan fingerprint density at radius 3 is 2.48 bits per heavy atom. The first-order chi connectivity index (χ1) is 12.7. The number of benzene rings is 1. The van der Waals surface area contributed by atoms with Gasteiger partial charge in [0.25, 0.3) is 0 Å². The number of sulfonamides is 1. The summed E-state index contributed by atoms with van der Waals surface area (Å²) in [6.07, 6.45) is 0.916. The molecule has 0 aliphatic carbocycles. The maximum Gasteiger partial charge on any atom is 0.241 e. The van der Waals surface area contributed by atoms with Gasteiger partial charge in [-0.2, -0.15) is 0 Å². The van der Waals surface area contributed by atoms with E-state index >= 15 is 0 Å². The number of nitrogens with one attached hydrogen (secondary N) is 3. The van der Waals surface area contributed by atoms with Crippen molar-refractivity contribution in [1.82, 2.24) is 15.4 Å². The van der Waals surface area contributed by atoms with Crippen LogP contribution in [0.1, 0.15) is 31.2 Å². The van der Waals surface area contributed by atoms with Crippen molar-refractivity contribution in [3.8, 4) is 0 Å². The number of thiophene rings is 1. The molecule has 1 aromatic heterocycles. The van der Waals surface area contributed by atoms with Crippen LogP contribution in [0, 0.1) is 0 Å². The average molecular weight is 409 g/mol. The Kier molecular flexibility index (Phi) is 7.41. The Morgan fingerprint density at radius 1 is 1.11 bits per heavy atom. The van der Waals surface area contributed by atoms with E-state index in [1.54, 1.807) is 30.5 Å². The van der Waals surface area contributed by atoms with Gasteiger partial charge in [-0.05, 0) is 50.3 Å². The van der Waals surface area contributed by atoms with Crippen molar-refractivity contribution in [1.29, 1.82) is 0 Å². The SMILES string of the molecule is CN=C(NCCc1cccs1)NCc1ccccc1S(=O)(=O)NC(C)(C)C. The van der Waals surface area contributed by atoms with Crippen molar-refractivity contribution in [3.63, 3.8) is 0 Å².